The number of nitrogens with one attached hydrogen (secondary N) is 1. The topological polar surface area (TPSA) is 62.2 Å². The Kier molecular flexibility index (Phi) is 4.68. The Morgan fingerprint density at radius 3 is 2.65 bits per heavy atom. The molecule has 2 N–H and O–H groups in total. The zero-order chi connectivity index (χ0) is 14.8. The zero-order valence-electron chi connectivity index (χ0n) is 12.5. The molecule has 1 fully saturated rings. The van der Waals surface area contributed by atoms with Crippen LogP contribution in [-0.2, 0) is 0 Å². The van der Waals surface area contributed by atoms with Crippen molar-refractivity contribution in [2.75, 3.05) is 11.9 Å². The van der Waals surface area contributed by atoms with Gasteiger partial charge in [-0.2, -0.15) is 4.37 Å². The fraction of sp³-hybridized carbons (Fsp3) is 0.733. The van der Waals surface area contributed by atoms with E-state index in [0.717, 1.165) is 6.54 Å². The van der Waals surface area contributed by atoms with Crippen LogP contribution in [0.2, 0.25) is 0 Å². The van der Waals surface area contributed by atoms with Gasteiger partial charge in [-0.05, 0) is 49.1 Å². The molecule has 1 heterocycles. The van der Waals surface area contributed by atoms with Crippen molar-refractivity contribution >= 4 is 22.5 Å². The Labute approximate surface area is 124 Å². The molecular formula is C15H24N2O2S. The molecule has 0 atom stereocenters. The van der Waals surface area contributed by atoms with Crippen LogP contribution in [0.5, 0.6) is 0 Å². The van der Waals surface area contributed by atoms with Gasteiger partial charge >= 0.3 is 5.97 Å². The number of carboxylic acids is 1. The molecule has 1 aromatic rings. The summed E-state index contributed by atoms with van der Waals surface area (Å²) in [5.74, 6) is -0.208. The lowest BCUT2D eigenvalue weighted by atomic mass is 9.78. The summed E-state index contributed by atoms with van der Waals surface area (Å²) in [5.41, 5.74) is 1.28. The second kappa shape index (κ2) is 6.12. The highest BCUT2D eigenvalue weighted by Gasteiger charge is 2.34. The maximum absolute atomic E-state index is 11.3. The van der Waals surface area contributed by atoms with Crippen molar-refractivity contribution in [2.45, 2.75) is 52.9 Å². The fourth-order valence-electron chi connectivity index (χ4n) is 3.45. The van der Waals surface area contributed by atoms with Crippen molar-refractivity contribution < 1.29 is 9.90 Å². The van der Waals surface area contributed by atoms with Gasteiger partial charge in [0, 0.05) is 6.54 Å². The van der Waals surface area contributed by atoms with Crippen molar-refractivity contribution in [1.29, 1.82) is 0 Å². The van der Waals surface area contributed by atoms with Gasteiger partial charge in [0.2, 0.25) is 0 Å². The molecule has 1 aliphatic carbocycles. The summed E-state index contributed by atoms with van der Waals surface area (Å²) in [7, 11) is 0. The molecule has 0 radical (unpaired) electrons. The summed E-state index contributed by atoms with van der Waals surface area (Å²) in [6.45, 7) is 7.15. The molecule has 1 saturated carbocycles. The van der Waals surface area contributed by atoms with E-state index >= 15 is 0 Å². The average molecular weight is 296 g/mol. The van der Waals surface area contributed by atoms with Gasteiger partial charge in [-0.15, -0.1) is 0 Å². The second-order valence-electron chi connectivity index (χ2n) is 6.44. The Hall–Kier alpha value is -1.10. The van der Waals surface area contributed by atoms with E-state index in [-0.39, 0.29) is 0 Å². The molecular weight excluding hydrogens is 272 g/mol. The van der Waals surface area contributed by atoms with Gasteiger partial charge in [0.1, 0.15) is 10.6 Å². The van der Waals surface area contributed by atoms with Crippen LogP contribution in [0.1, 0.15) is 62.0 Å². The Balaban J connectivity index is 2.08. The highest BCUT2D eigenvalue weighted by molar-refractivity contribution is 7.10. The Bertz CT molecular complexity index is 476. The van der Waals surface area contributed by atoms with Gasteiger partial charge in [0.25, 0.3) is 0 Å². The van der Waals surface area contributed by atoms with Crippen LogP contribution in [0.4, 0.5) is 5.00 Å². The monoisotopic (exact) mass is 296 g/mol. The maximum atomic E-state index is 11.3. The minimum Gasteiger partial charge on any atom is -0.478 e. The number of nitrogens with zero attached hydrogens (tertiary/aromatic N) is 1. The molecule has 112 valence electrons. The number of aromatic nitrogens is 1. The molecule has 0 bridgehead atoms. The first-order valence-electron chi connectivity index (χ1n) is 7.37. The van der Waals surface area contributed by atoms with Crippen LogP contribution in [0, 0.1) is 18.3 Å². The van der Waals surface area contributed by atoms with E-state index in [2.05, 4.69) is 23.5 Å². The lowest BCUT2D eigenvalue weighted by Crippen LogP contribution is -2.28. The van der Waals surface area contributed by atoms with Gasteiger partial charge in [-0.3, -0.25) is 0 Å². The minimum absolute atomic E-state index is 0.335. The third kappa shape index (κ3) is 3.32. The summed E-state index contributed by atoms with van der Waals surface area (Å²) < 4.78 is 4.17. The molecule has 0 unspecified atom stereocenters. The molecule has 1 aromatic heterocycles. The van der Waals surface area contributed by atoms with Gasteiger partial charge < -0.3 is 10.4 Å². The molecule has 4 nitrogen and oxygen atoms in total. The summed E-state index contributed by atoms with van der Waals surface area (Å²) in [6, 6.07) is 0. The van der Waals surface area contributed by atoms with Crippen molar-refractivity contribution in [3.63, 3.8) is 0 Å². The van der Waals surface area contributed by atoms with Crippen LogP contribution in [0.25, 0.3) is 0 Å². The maximum Gasteiger partial charge on any atom is 0.340 e. The first-order valence-corrected chi connectivity index (χ1v) is 8.14. The normalized spacial score (nSPS) is 17.6. The predicted octanol–water partition coefficient (Wildman–Crippen LogP) is 4.17. The largest absolute Gasteiger partial charge is 0.478 e. The number of aryl methyl sites for hydroxylation is 1. The van der Waals surface area contributed by atoms with E-state index in [1.165, 1.54) is 43.6 Å². The minimum atomic E-state index is -0.886. The SMILES string of the molecule is Cc1nsc(NCC2(CC(C)C)CCCC2)c1C(=O)O. The molecule has 2 rings (SSSR count). The number of hydrogen-bond donors (Lipinski definition) is 2. The second-order valence-corrected chi connectivity index (χ2v) is 7.21. The predicted molar refractivity (Wildman–Crippen MR) is 82.7 cm³/mol. The third-order valence-corrected chi connectivity index (χ3v) is 5.10. The van der Waals surface area contributed by atoms with Crippen molar-refractivity contribution in [2.24, 2.45) is 11.3 Å². The highest BCUT2D eigenvalue weighted by atomic mass is 32.1. The summed E-state index contributed by atoms with van der Waals surface area (Å²) in [4.78, 5) is 11.3. The average Bonchev–Trinajstić information content (AvgIpc) is 2.93. The highest BCUT2D eigenvalue weighted by Crippen LogP contribution is 2.43. The van der Waals surface area contributed by atoms with E-state index in [9.17, 15) is 9.90 Å². The first kappa shape index (κ1) is 15.3. The van der Waals surface area contributed by atoms with Gasteiger partial charge in [0.05, 0.1) is 5.69 Å². The van der Waals surface area contributed by atoms with Crippen LogP contribution < -0.4 is 5.32 Å². The van der Waals surface area contributed by atoms with E-state index in [1.54, 1.807) is 6.92 Å². The molecule has 0 spiro atoms. The van der Waals surface area contributed by atoms with E-state index in [0.29, 0.717) is 27.6 Å². The number of carboxylic acid groups (broad SMARTS) is 1. The third-order valence-electron chi connectivity index (χ3n) is 4.21. The molecule has 0 aromatic carbocycles. The smallest absolute Gasteiger partial charge is 0.340 e. The van der Waals surface area contributed by atoms with Gasteiger partial charge in [-0.25, -0.2) is 4.79 Å². The lowest BCUT2D eigenvalue weighted by Gasteiger charge is -2.31. The first-order chi connectivity index (χ1) is 9.43. The molecule has 20 heavy (non-hydrogen) atoms. The quantitative estimate of drug-likeness (QED) is 0.827. The summed E-state index contributed by atoms with van der Waals surface area (Å²) in [6.07, 6.45) is 6.29. The lowest BCUT2D eigenvalue weighted by molar-refractivity contribution is 0.0697. The Morgan fingerprint density at radius 1 is 1.45 bits per heavy atom. The van der Waals surface area contributed by atoms with E-state index in [1.807, 2.05) is 0 Å². The number of anilines is 1. The number of aromatic carboxylic acids is 1. The van der Waals surface area contributed by atoms with Crippen LogP contribution in [-0.4, -0.2) is 22.0 Å². The number of hydrogen-bond acceptors (Lipinski definition) is 4. The molecule has 0 aliphatic heterocycles. The van der Waals surface area contributed by atoms with Crippen molar-refractivity contribution in [1.82, 2.24) is 4.37 Å². The Morgan fingerprint density at radius 2 is 2.10 bits per heavy atom. The number of carbonyl (C=O) groups is 1. The number of rotatable bonds is 6. The standard InChI is InChI=1S/C15H24N2O2S/c1-10(2)8-15(6-4-5-7-15)9-16-13-12(14(18)19)11(3)17-20-13/h10,16H,4-9H2,1-3H3,(H,18,19). The molecule has 1 aliphatic rings. The molecule has 0 saturated heterocycles. The van der Waals surface area contributed by atoms with Crippen LogP contribution in [0.3, 0.4) is 0 Å². The van der Waals surface area contributed by atoms with E-state index < -0.39 is 5.97 Å². The summed E-state index contributed by atoms with van der Waals surface area (Å²) >= 11 is 1.26. The van der Waals surface area contributed by atoms with Gasteiger partial charge in [-0.1, -0.05) is 26.7 Å². The van der Waals surface area contributed by atoms with Crippen molar-refractivity contribution in [3.8, 4) is 0 Å². The molecule has 5 heteroatoms. The summed E-state index contributed by atoms with van der Waals surface area (Å²) in [5, 5.41) is 13.4. The van der Waals surface area contributed by atoms with Crippen LogP contribution in [0.15, 0.2) is 0 Å². The van der Waals surface area contributed by atoms with Crippen LogP contribution >= 0.6 is 11.5 Å². The zero-order valence-corrected chi connectivity index (χ0v) is 13.3. The fourth-order valence-corrected chi connectivity index (χ4v) is 4.24. The van der Waals surface area contributed by atoms with Crippen molar-refractivity contribution in [3.05, 3.63) is 11.3 Å². The van der Waals surface area contributed by atoms with E-state index in [4.69, 9.17) is 0 Å². The molecule has 0 amide bonds. The van der Waals surface area contributed by atoms with Gasteiger partial charge in [0.15, 0.2) is 0 Å².